The molecule has 1 aliphatic heterocycles. The van der Waals surface area contributed by atoms with Crippen LogP contribution in [0.4, 0.5) is 0 Å². The molecule has 4 heteroatoms. The van der Waals surface area contributed by atoms with Crippen molar-refractivity contribution in [1.29, 1.82) is 0 Å². The van der Waals surface area contributed by atoms with Gasteiger partial charge >= 0.3 is 5.97 Å². The number of ether oxygens (including phenoxy) is 1. The summed E-state index contributed by atoms with van der Waals surface area (Å²) in [6.45, 7) is 4.55. The normalized spacial score (nSPS) is 52.3. The summed E-state index contributed by atoms with van der Waals surface area (Å²) in [6, 6.07) is 0. The quantitative estimate of drug-likeness (QED) is 0.676. The minimum absolute atomic E-state index is 0.0243. The smallest absolute Gasteiger partial charge is 0.306 e. The van der Waals surface area contributed by atoms with Crippen LogP contribution in [0, 0.1) is 28.6 Å². The monoisotopic (exact) mass is 356 g/mol. The van der Waals surface area contributed by atoms with Crippen molar-refractivity contribution in [1.82, 2.24) is 0 Å². The van der Waals surface area contributed by atoms with Crippen molar-refractivity contribution in [3.8, 4) is 0 Å². The first-order valence-electron chi connectivity index (χ1n) is 10.1. The molecule has 3 fully saturated rings. The molecule has 0 amide bonds. The molecule has 0 aromatic heterocycles. The third kappa shape index (κ3) is 1.89. The molecule has 1 spiro atoms. The van der Waals surface area contributed by atoms with Gasteiger partial charge in [0.05, 0.1) is 6.10 Å². The van der Waals surface area contributed by atoms with Gasteiger partial charge in [-0.2, -0.15) is 0 Å². The molecule has 0 aromatic carbocycles. The zero-order valence-corrected chi connectivity index (χ0v) is 15.7. The van der Waals surface area contributed by atoms with Crippen LogP contribution in [-0.2, 0) is 14.3 Å². The van der Waals surface area contributed by atoms with E-state index in [-0.39, 0.29) is 34.4 Å². The van der Waals surface area contributed by atoms with Crippen LogP contribution in [0.1, 0.15) is 58.8 Å². The number of hydrogen-bond donors (Lipinski definition) is 1. The predicted molar refractivity (Wildman–Crippen MR) is 96.1 cm³/mol. The summed E-state index contributed by atoms with van der Waals surface area (Å²) in [5.41, 5.74) is 0.558. The van der Waals surface area contributed by atoms with Crippen LogP contribution >= 0.6 is 0 Å². The minimum atomic E-state index is -0.480. The number of esters is 1. The molecular weight excluding hydrogens is 328 g/mol. The third-order valence-electron chi connectivity index (χ3n) is 8.81. The lowest BCUT2D eigenvalue weighted by Gasteiger charge is -2.57. The van der Waals surface area contributed by atoms with Crippen LogP contribution in [0.15, 0.2) is 23.8 Å². The van der Waals surface area contributed by atoms with Crippen molar-refractivity contribution < 1.29 is 19.4 Å². The van der Waals surface area contributed by atoms with Crippen molar-refractivity contribution in [2.75, 3.05) is 0 Å². The molecule has 4 aliphatic carbocycles. The summed E-state index contributed by atoms with van der Waals surface area (Å²) in [5.74, 6) is 0.992. The second kappa shape index (κ2) is 5.09. The van der Waals surface area contributed by atoms with Crippen molar-refractivity contribution in [3.05, 3.63) is 23.8 Å². The summed E-state index contributed by atoms with van der Waals surface area (Å²) in [5, 5.41) is 11.1. The molecule has 140 valence electrons. The first kappa shape index (κ1) is 16.7. The van der Waals surface area contributed by atoms with E-state index in [4.69, 9.17) is 4.74 Å². The maximum atomic E-state index is 11.9. The molecule has 1 heterocycles. The minimum Gasteiger partial charge on any atom is -0.458 e. The maximum absolute atomic E-state index is 11.9. The Labute approximate surface area is 154 Å². The molecular formula is C22H28O4. The summed E-state index contributed by atoms with van der Waals surface area (Å²) in [4.78, 5) is 23.8. The summed E-state index contributed by atoms with van der Waals surface area (Å²) in [6.07, 6.45) is 11.2. The van der Waals surface area contributed by atoms with E-state index in [9.17, 15) is 14.7 Å². The number of fused-ring (bicyclic) bond motifs is 6. The fourth-order valence-corrected chi connectivity index (χ4v) is 7.36. The van der Waals surface area contributed by atoms with Crippen molar-refractivity contribution in [2.24, 2.45) is 28.6 Å². The van der Waals surface area contributed by atoms with Gasteiger partial charge in [-0.1, -0.05) is 26.0 Å². The van der Waals surface area contributed by atoms with Crippen molar-refractivity contribution >= 4 is 11.8 Å². The Kier molecular flexibility index (Phi) is 3.28. The zero-order chi connectivity index (χ0) is 18.3. The van der Waals surface area contributed by atoms with Gasteiger partial charge in [0.15, 0.2) is 5.78 Å². The molecule has 0 radical (unpaired) electrons. The predicted octanol–water partition coefficient (Wildman–Crippen LogP) is 3.34. The highest BCUT2D eigenvalue weighted by atomic mass is 16.6. The van der Waals surface area contributed by atoms with Gasteiger partial charge in [0, 0.05) is 30.6 Å². The average Bonchev–Trinajstić information content (AvgIpc) is 3.06. The van der Waals surface area contributed by atoms with Gasteiger partial charge in [0.25, 0.3) is 0 Å². The highest BCUT2D eigenvalue weighted by Crippen LogP contribution is 2.68. The highest BCUT2D eigenvalue weighted by Gasteiger charge is 2.69. The van der Waals surface area contributed by atoms with E-state index in [0.29, 0.717) is 25.2 Å². The Morgan fingerprint density at radius 3 is 2.69 bits per heavy atom. The van der Waals surface area contributed by atoms with Gasteiger partial charge in [-0.05, 0) is 54.6 Å². The molecule has 7 atom stereocenters. The fourth-order valence-electron chi connectivity index (χ4n) is 7.36. The molecule has 5 aliphatic rings. The fraction of sp³-hybridized carbons (Fsp3) is 0.727. The second-order valence-corrected chi connectivity index (χ2v) is 9.75. The molecule has 1 saturated heterocycles. The average molecular weight is 356 g/mol. The van der Waals surface area contributed by atoms with E-state index >= 15 is 0 Å². The number of allylic oxidation sites excluding steroid dienone is 4. The van der Waals surface area contributed by atoms with Crippen LogP contribution in [0.25, 0.3) is 0 Å². The van der Waals surface area contributed by atoms with Crippen LogP contribution in [0.5, 0.6) is 0 Å². The molecule has 0 unspecified atom stereocenters. The van der Waals surface area contributed by atoms with Crippen molar-refractivity contribution in [2.45, 2.75) is 70.5 Å². The first-order valence-corrected chi connectivity index (χ1v) is 10.1. The molecule has 1 N–H and O–H groups in total. The Morgan fingerprint density at radius 1 is 1.15 bits per heavy atom. The van der Waals surface area contributed by atoms with E-state index in [0.717, 1.165) is 25.7 Å². The zero-order valence-electron chi connectivity index (χ0n) is 15.7. The number of ketones is 1. The van der Waals surface area contributed by atoms with Gasteiger partial charge in [0.1, 0.15) is 5.60 Å². The van der Waals surface area contributed by atoms with Crippen LogP contribution in [-0.4, -0.2) is 28.6 Å². The number of aliphatic hydroxyl groups is 1. The lowest BCUT2D eigenvalue weighted by Crippen LogP contribution is -2.54. The van der Waals surface area contributed by atoms with Gasteiger partial charge in [-0.25, -0.2) is 0 Å². The van der Waals surface area contributed by atoms with Gasteiger partial charge in [0.2, 0.25) is 0 Å². The highest BCUT2D eigenvalue weighted by molar-refractivity contribution is 5.92. The summed E-state index contributed by atoms with van der Waals surface area (Å²) < 4.78 is 5.90. The topological polar surface area (TPSA) is 63.6 Å². The number of rotatable bonds is 0. The first-order chi connectivity index (χ1) is 12.3. The van der Waals surface area contributed by atoms with Gasteiger partial charge in [-0.3, -0.25) is 9.59 Å². The van der Waals surface area contributed by atoms with E-state index in [2.05, 4.69) is 26.0 Å². The summed E-state index contributed by atoms with van der Waals surface area (Å²) in [7, 11) is 0. The molecule has 0 bridgehead atoms. The Balaban J connectivity index is 1.57. The number of carbonyl (C=O) groups excluding carboxylic acids is 2. The second-order valence-electron chi connectivity index (χ2n) is 9.75. The Morgan fingerprint density at radius 2 is 1.96 bits per heavy atom. The largest absolute Gasteiger partial charge is 0.458 e. The number of hydrogen-bond acceptors (Lipinski definition) is 4. The molecule has 5 rings (SSSR count). The number of carbonyl (C=O) groups is 2. The van der Waals surface area contributed by atoms with E-state index in [1.54, 1.807) is 0 Å². The van der Waals surface area contributed by atoms with Gasteiger partial charge in [-0.15, -0.1) is 0 Å². The van der Waals surface area contributed by atoms with Crippen molar-refractivity contribution in [3.63, 3.8) is 0 Å². The lowest BCUT2D eigenvalue weighted by molar-refractivity contribution is -0.165. The standard InChI is InChI=1S/C22H28O4/c1-20-8-5-14(23)11-13(20)3-4-15-16(20)6-9-21(2)19(15)17(24)12-22(21)10-7-18(25)26-22/h3-4,11,15-17,19,24H,5-10,12H2,1-2H3/t15-,16+,17+,19-,20+,21+,22+/m1/s1. The SMILES string of the molecule is C[C@]12CCC(=O)C=C1C=C[C@H]1[C@@H]3[C@@H](O)C[C@@]4(CCC(=O)O4)[C@@]3(C)CC[C@@H]12. The molecule has 0 aromatic rings. The third-order valence-corrected chi connectivity index (χ3v) is 8.81. The summed E-state index contributed by atoms with van der Waals surface area (Å²) >= 11 is 0. The van der Waals surface area contributed by atoms with Crippen LogP contribution < -0.4 is 0 Å². The van der Waals surface area contributed by atoms with Gasteiger partial charge < -0.3 is 9.84 Å². The lowest BCUT2D eigenvalue weighted by atomic mass is 9.48. The van der Waals surface area contributed by atoms with Crippen LogP contribution in [0.3, 0.4) is 0 Å². The number of aliphatic hydroxyl groups excluding tert-OH is 1. The van der Waals surface area contributed by atoms with Crippen LogP contribution in [0.2, 0.25) is 0 Å². The Bertz CT molecular complexity index is 751. The molecule has 4 nitrogen and oxygen atoms in total. The van der Waals surface area contributed by atoms with E-state index in [1.165, 1.54) is 5.57 Å². The van der Waals surface area contributed by atoms with E-state index in [1.807, 2.05) is 6.08 Å². The Hall–Kier alpha value is -1.42. The molecule has 2 saturated carbocycles. The maximum Gasteiger partial charge on any atom is 0.306 e. The van der Waals surface area contributed by atoms with E-state index < -0.39 is 11.7 Å². The molecule has 26 heavy (non-hydrogen) atoms.